The fraction of sp³-hybridized carbons (Fsp3) is 0.0370. The molecule has 2 aliphatic rings. The van der Waals surface area contributed by atoms with E-state index in [0.717, 1.165) is 145 Å². The summed E-state index contributed by atoms with van der Waals surface area (Å²) in [6.07, 6.45) is 0. The van der Waals surface area contributed by atoms with Crippen molar-refractivity contribution in [1.29, 1.82) is 0 Å². The summed E-state index contributed by atoms with van der Waals surface area (Å²) in [6.45, 7) is 6.85. The monoisotopic (exact) mass is 1430 g/mol. The molecule has 1 aromatic heterocycles. The molecule has 0 N–H and O–H groups in total. The summed E-state index contributed by atoms with van der Waals surface area (Å²) in [5.41, 5.74) is 35.6. The topological polar surface area (TPSA) is 19.6 Å². The van der Waals surface area contributed by atoms with E-state index in [9.17, 15) is 0 Å². The van der Waals surface area contributed by atoms with Crippen molar-refractivity contribution >= 4 is 101 Å². The normalized spacial score (nSPS) is 12.4. The zero-order valence-electron chi connectivity index (χ0n) is 62.5. The van der Waals surface area contributed by atoms with Gasteiger partial charge in [0.25, 0.3) is 6.71 Å². The molecule has 0 saturated heterocycles. The maximum absolute atomic E-state index is 7.03. The van der Waals surface area contributed by atoms with Gasteiger partial charge in [-0.25, -0.2) is 0 Å². The molecule has 0 unspecified atom stereocenters. The Morgan fingerprint density at radius 2 is 0.616 bits per heavy atom. The first-order valence-corrected chi connectivity index (χ1v) is 39.0. The molecule has 0 bridgehead atoms. The average molecular weight is 1430 g/mol. The summed E-state index contributed by atoms with van der Waals surface area (Å²) >= 11 is 0. The van der Waals surface area contributed by atoms with Crippen LogP contribution in [0.15, 0.2) is 405 Å². The standard InChI is InChI=1S/C108H75BN2O/c1-108(2,3)83-68-99-104-100(69-83)111(106-92(74-41-20-8-21-42-74)64-82(71-35-14-5-15-36-71)65-93(106)75-43-22-9-23-44-75)98-67-79(78-55-58-88-94(61-78)103(77-47-26-11-27-48-77)87-51-29-28-50-86(87)102(88)76-45-24-10-25-46-76)56-59-95(98)109(104)96-66-80(84-52-32-53-89-85-49-30-31-54-101(85)112-107(84)89)57-60-97(96)110(99)105-90(72-37-16-6-17-38-72)62-81(70-33-12-4-13-34-70)63-91(105)73-39-18-7-19-40-73/h4-69H,1-3H3. The Morgan fingerprint density at radius 3 is 1.10 bits per heavy atom. The quantitative estimate of drug-likeness (QED) is 0.0898. The number of rotatable bonds is 12. The first kappa shape index (κ1) is 66.2. The van der Waals surface area contributed by atoms with Crippen molar-refractivity contribution in [3.63, 3.8) is 0 Å². The number of benzene rings is 18. The Kier molecular flexibility index (Phi) is 15.9. The molecule has 0 saturated carbocycles. The lowest BCUT2D eigenvalue weighted by molar-refractivity contribution is 0.590. The van der Waals surface area contributed by atoms with Gasteiger partial charge in [0.1, 0.15) is 11.2 Å². The minimum atomic E-state index is -0.358. The van der Waals surface area contributed by atoms with Gasteiger partial charge in [0.15, 0.2) is 0 Å². The van der Waals surface area contributed by atoms with E-state index in [1.54, 1.807) is 0 Å². The Labute approximate surface area is 654 Å². The van der Waals surface area contributed by atoms with Crippen LogP contribution in [0.3, 0.4) is 0 Å². The molecular formula is C108H75BN2O. The number of hydrogen-bond donors (Lipinski definition) is 0. The fourth-order valence-corrected chi connectivity index (χ4v) is 18.1. The number of hydrogen-bond acceptors (Lipinski definition) is 3. The van der Waals surface area contributed by atoms with Crippen LogP contribution in [-0.4, -0.2) is 6.71 Å². The summed E-state index contributed by atoms with van der Waals surface area (Å²) in [6, 6.07) is 150. The van der Waals surface area contributed by atoms with Crippen LogP contribution < -0.4 is 26.2 Å². The molecule has 0 aliphatic carbocycles. The molecule has 21 rings (SSSR count). The minimum absolute atomic E-state index is 0.311. The van der Waals surface area contributed by atoms with E-state index < -0.39 is 0 Å². The van der Waals surface area contributed by atoms with Crippen molar-refractivity contribution in [1.82, 2.24) is 0 Å². The first-order chi connectivity index (χ1) is 55.2. The van der Waals surface area contributed by atoms with Crippen molar-refractivity contribution in [2.45, 2.75) is 26.2 Å². The summed E-state index contributed by atoms with van der Waals surface area (Å²) < 4.78 is 7.03. The predicted octanol–water partition coefficient (Wildman–Crippen LogP) is 27.9. The van der Waals surface area contributed by atoms with E-state index >= 15 is 0 Å². The smallest absolute Gasteiger partial charge is 0.252 e. The SMILES string of the molecule is CC(C)(C)c1cc2c3c(c1)N(c1c(-c4ccccc4)cc(-c4ccccc4)cc1-c1ccccc1)c1cc(-c4ccc5c(-c6ccccc6)c6ccccc6c(-c6ccccc6)c5c4)ccc1B3c1cc(-c3cccc4c3oc3ccccc34)ccc1N2c1c(-c2ccccc2)cc(-c2ccccc2)cc1-c1ccccc1. The van der Waals surface area contributed by atoms with Crippen LogP contribution in [0.4, 0.5) is 34.1 Å². The molecule has 112 heavy (non-hydrogen) atoms. The molecule has 526 valence electrons. The molecule has 3 nitrogen and oxygen atoms in total. The van der Waals surface area contributed by atoms with Gasteiger partial charge in [-0.15, -0.1) is 0 Å². The Bertz CT molecular complexity index is 6750. The first-order valence-electron chi connectivity index (χ1n) is 39.0. The van der Waals surface area contributed by atoms with Crippen molar-refractivity contribution in [3.8, 4) is 111 Å². The molecule has 0 fully saturated rings. The third kappa shape index (κ3) is 11.1. The second-order valence-corrected chi connectivity index (χ2v) is 30.9. The number of nitrogens with zero attached hydrogens (tertiary/aromatic N) is 2. The van der Waals surface area contributed by atoms with Gasteiger partial charge in [-0.1, -0.05) is 360 Å². The van der Waals surface area contributed by atoms with Gasteiger partial charge in [0.2, 0.25) is 0 Å². The molecule has 3 heterocycles. The van der Waals surface area contributed by atoms with Crippen molar-refractivity contribution in [2.24, 2.45) is 0 Å². The van der Waals surface area contributed by atoms with Crippen LogP contribution in [0.5, 0.6) is 0 Å². The minimum Gasteiger partial charge on any atom is -0.455 e. The Hall–Kier alpha value is -14.1. The lowest BCUT2D eigenvalue weighted by Crippen LogP contribution is -2.61. The Balaban J connectivity index is 0.922. The highest BCUT2D eigenvalue weighted by Crippen LogP contribution is 2.56. The molecule has 0 spiro atoms. The summed E-state index contributed by atoms with van der Waals surface area (Å²) in [7, 11) is 0. The number of fused-ring (bicyclic) bond motifs is 9. The van der Waals surface area contributed by atoms with Crippen LogP contribution in [0.25, 0.3) is 155 Å². The van der Waals surface area contributed by atoms with Gasteiger partial charge in [-0.2, -0.15) is 0 Å². The summed E-state index contributed by atoms with van der Waals surface area (Å²) in [4.78, 5) is 5.40. The predicted molar refractivity (Wildman–Crippen MR) is 476 cm³/mol. The summed E-state index contributed by atoms with van der Waals surface area (Å²) in [5.74, 6) is 0. The second kappa shape index (κ2) is 27.0. The highest BCUT2D eigenvalue weighted by Gasteiger charge is 2.46. The maximum atomic E-state index is 7.03. The van der Waals surface area contributed by atoms with Crippen molar-refractivity contribution in [3.05, 3.63) is 406 Å². The van der Waals surface area contributed by atoms with E-state index in [0.29, 0.717) is 0 Å². The lowest BCUT2D eigenvalue weighted by atomic mass is 9.33. The molecule has 19 aromatic rings. The van der Waals surface area contributed by atoms with Gasteiger partial charge >= 0.3 is 0 Å². The number of furan rings is 1. The number of anilines is 6. The van der Waals surface area contributed by atoms with Crippen LogP contribution in [-0.2, 0) is 5.41 Å². The van der Waals surface area contributed by atoms with Crippen LogP contribution in [0.1, 0.15) is 26.3 Å². The third-order valence-electron chi connectivity index (χ3n) is 23.4. The van der Waals surface area contributed by atoms with Gasteiger partial charge < -0.3 is 14.2 Å². The second-order valence-electron chi connectivity index (χ2n) is 30.9. The van der Waals surface area contributed by atoms with Crippen molar-refractivity contribution in [2.75, 3.05) is 9.80 Å². The fourth-order valence-electron chi connectivity index (χ4n) is 18.1. The molecule has 0 radical (unpaired) electrons. The zero-order chi connectivity index (χ0) is 74.5. The average Bonchev–Trinajstić information content (AvgIpc) is 0.929. The molecule has 2 aliphatic heterocycles. The Morgan fingerprint density at radius 1 is 0.232 bits per heavy atom. The van der Waals surface area contributed by atoms with Crippen LogP contribution >= 0.6 is 0 Å². The largest absolute Gasteiger partial charge is 0.455 e. The van der Waals surface area contributed by atoms with Gasteiger partial charge in [0.05, 0.1) is 11.4 Å². The zero-order valence-corrected chi connectivity index (χ0v) is 62.5. The molecule has 0 amide bonds. The van der Waals surface area contributed by atoms with Crippen LogP contribution in [0.2, 0.25) is 0 Å². The van der Waals surface area contributed by atoms with E-state index in [-0.39, 0.29) is 12.1 Å². The van der Waals surface area contributed by atoms with E-state index in [1.807, 2.05) is 0 Å². The molecule has 4 heteroatoms. The van der Waals surface area contributed by atoms with E-state index in [4.69, 9.17) is 4.42 Å². The number of para-hydroxylation sites is 2. The lowest BCUT2D eigenvalue weighted by Gasteiger charge is -2.46. The van der Waals surface area contributed by atoms with Gasteiger partial charge in [-0.05, 0) is 193 Å². The van der Waals surface area contributed by atoms with Gasteiger partial charge in [-0.3, -0.25) is 0 Å². The van der Waals surface area contributed by atoms with E-state index in [2.05, 4.69) is 431 Å². The molecular weight excluding hydrogens is 1350 g/mol. The third-order valence-corrected chi connectivity index (χ3v) is 23.4. The molecule has 18 aromatic carbocycles. The van der Waals surface area contributed by atoms with Crippen molar-refractivity contribution < 1.29 is 4.42 Å². The van der Waals surface area contributed by atoms with E-state index in [1.165, 1.54) is 65.8 Å². The molecule has 0 atom stereocenters. The maximum Gasteiger partial charge on any atom is 0.252 e. The highest BCUT2D eigenvalue weighted by molar-refractivity contribution is 7.00. The highest BCUT2D eigenvalue weighted by atomic mass is 16.3. The van der Waals surface area contributed by atoms with Crippen LogP contribution in [0, 0.1) is 0 Å². The summed E-state index contributed by atoms with van der Waals surface area (Å²) in [5, 5.41) is 7.05. The van der Waals surface area contributed by atoms with Gasteiger partial charge in [0, 0.05) is 61.3 Å².